The monoisotopic (exact) mass is 947 g/mol. The van der Waals surface area contributed by atoms with Gasteiger partial charge in [0, 0.05) is 5.92 Å². The van der Waals surface area contributed by atoms with Gasteiger partial charge in [-0.3, -0.25) is 0 Å². The van der Waals surface area contributed by atoms with E-state index in [2.05, 4.69) is 34.6 Å². The van der Waals surface area contributed by atoms with E-state index in [0.717, 1.165) is 25.7 Å². The molecule has 2 spiro atoms. The molecule has 5 saturated carbocycles. The maximum absolute atomic E-state index is 12.5. The summed E-state index contributed by atoms with van der Waals surface area (Å²) in [7, 11) is 0. The topological polar surface area (TPSA) is 307 Å². The lowest BCUT2D eigenvalue weighted by atomic mass is 9.41. The van der Waals surface area contributed by atoms with Crippen LogP contribution in [0.25, 0.3) is 0 Å². The molecule has 0 radical (unpaired) electrons. The highest BCUT2D eigenvalue weighted by Gasteiger charge is 2.85. The summed E-state index contributed by atoms with van der Waals surface area (Å²) < 4.78 is 44.3. The van der Waals surface area contributed by atoms with Crippen molar-refractivity contribution >= 4 is 0 Å². The van der Waals surface area contributed by atoms with Gasteiger partial charge in [0.15, 0.2) is 18.9 Å². The summed E-state index contributed by atoms with van der Waals surface area (Å²) in [5.74, 6) is -0.523. The number of aliphatic hydroxyl groups is 12. The van der Waals surface area contributed by atoms with Crippen LogP contribution in [0.3, 0.4) is 0 Å². The van der Waals surface area contributed by atoms with E-state index < -0.39 is 151 Å². The fourth-order valence-electron chi connectivity index (χ4n) is 16.4. The maximum atomic E-state index is 12.5. The van der Waals surface area contributed by atoms with Crippen LogP contribution in [0.15, 0.2) is 0 Å². The molecule has 0 aromatic rings. The van der Waals surface area contributed by atoms with Gasteiger partial charge >= 0.3 is 0 Å². The number of ether oxygens (including phenoxy) is 7. The lowest BCUT2D eigenvalue weighted by Gasteiger charge is -2.65. The first-order valence-corrected chi connectivity index (χ1v) is 24.4. The first-order valence-electron chi connectivity index (χ1n) is 24.4. The zero-order chi connectivity index (χ0) is 48.1. The Morgan fingerprint density at radius 1 is 0.591 bits per heavy atom. The third kappa shape index (κ3) is 7.22. The van der Waals surface area contributed by atoms with Crippen LogP contribution in [-0.4, -0.2) is 203 Å². The van der Waals surface area contributed by atoms with E-state index in [9.17, 15) is 61.3 Å². The lowest BCUT2D eigenvalue weighted by Crippen LogP contribution is -2.65. The van der Waals surface area contributed by atoms with E-state index in [1.165, 1.54) is 0 Å². The SMILES string of the molecule is CC1(C2[C@@H](O)C[C@@]3(C)C4C[C@H](OC5OC(CO)C(O)C(O)C5O)C5C(C)(C)C(OC6OCC(O)C(O)C6O)CC[C@@]56C[C@@]46CC[C@]23C)CC[C@@H](C(C)(C)OC2OC(CO)C(O)C(O)C2O)O1. The van der Waals surface area contributed by atoms with Crippen molar-refractivity contribution in [3.63, 3.8) is 0 Å². The van der Waals surface area contributed by atoms with Gasteiger partial charge in [-0.2, -0.15) is 0 Å². The quantitative estimate of drug-likeness (QED) is 0.112. The second-order valence-electron chi connectivity index (χ2n) is 23.8. The van der Waals surface area contributed by atoms with Gasteiger partial charge in [0.05, 0.1) is 55.4 Å². The van der Waals surface area contributed by atoms with Crippen LogP contribution >= 0.6 is 0 Å². The minimum Gasteiger partial charge on any atom is -0.394 e. The summed E-state index contributed by atoms with van der Waals surface area (Å²) in [4.78, 5) is 0. The largest absolute Gasteiger partial charge is 0.394 e. The van der Waals surface area contributed by atoms with Gasteiger partial charge in [0.25, 0.3) is 0 Å². The lowest BCUT2D eigenvalue weighted by molar-refractivity contribution is -0.339. The summed E-state index contributed by atoms with van der Waals surface area (Å²) in [5.41, 5.74) is -3.88. The summed E-state index contributed by atoms with van der Waals surface area (Å²) in [5, 5.41) is 129. The van der Waals surface area contributed by atoms with Crippen molar-refractivity contribution in [2.24, 2.45) is 44.8 Å². The highest BCUT2D eigenvalue weighted by molar-refractivity contribution is 5.33. The standard InChI is InChI=1S/C47H78O19/c1-41(2)26(64-38-33(57)28(52)21(51)18-60-38)9-11-47-19-46(47)13-12-43(5)36(45(7)10-8-27(65-45)42(3,4)66-40-35(59)32(56)30(54)24(17-49)63-40)20(50)15-44(43,6)25(46)14-22(37(41)47)61-39-34(58)31(55)29(53)23(16-48)62-39/h20-40,48-59H,8-19H2,1-7H3/t20-,21?,22-,23?,24?,25?,26?,27-,28?,29?,30?,31?,32?,33?,34?,35?,36?,37?,38?,39?,40?,43+,44-,45?,46-,47+/m0/s1. The Bertz CT molecular complexity index is 1770. The van der Waals surface area contributed by atoms with E-state index >= 15 is 0 Å². The maximum Gasteiger partial charge on any atom is 0.187 e. The van der Waals surface area contributed by atoms with E-state index in [-0.39, 0.29) is 35.2 Å². The van der Waals surface area contributed by atoms with Crippen LogP contribution in [0.2, 0.25) is 0 Å². The highest BCUT2D eigenvalue weighted by Crippen LogP contribution is 2.89. The summed E-state index contributed by atoms with van der Waals surface area (Å²) in [6, 6.07) is 0. The molecule has 9 rings (SSSR count). The Kier molecular flexibility index (Phi) is 12.9. The van der Waals surface area contributed by atoms with E-state index in [1.54, 1.807) is 0 Å². The Morgan fingerprint density at radius 2 is 1.20 bits per heavy atom. The molecular formula is C47H78O19. The van der Waals surface area contributed by atoms with E-state index in [0.29, 0.717) is 32.1 Å². The second-order valence-corrected chi connectivity index (χ2v) is 23.8. The average molecular weight is 947 g/mol. The first-order chi connectivity index (χ1) is 30.8. The summed E-state index contributed by atoms with van der Waals surface area (Å²) in [6.07, 6.45) is -16.3. The number of hydrogen-bond donors (Lipinski definition) is 12. The highest BCUT2D eigenvalue weighted by atomic mass is 16.7. The fourth-order valence-corrected chi connectivity index (χ4v) is 16.4. The molecule has 0 aromatic heterocycles. The van der Waals surface area contributed by atoms with Gasteiger partial charge in [-0.25, -0.2) is 0 Å². The van der Waals surface area contributed by atoms with Gasteiger partial charge in [-0.1, -0.05) is 27.7 Å². The van der Waals surface area contributed by atoms with Crippen molar-refractivity contribution < 1.29 is 94.4 Å². The van der Waals surface area contributed by atoms with Crippen LogP contribution in [0, 0.1) is 44.8 Å². The smallest absolute Gasteiger partial charge is 0.187 e. The van der Waals surface area contributed by atoms with Crippen LogP contribution in [0.1, 0.15) is 106 Å². The summed E-state index contributed by atoms with van der Waals surface area (Å²) >= 11 is 0. The summed E-state index contributed by atoms with van der Waals surface area (Å²) in [6.45, 7) is 13.0. The van der Waals surface area contributed by atoms with Crippen molar-refractivity contribution in [2.45, 2.75) is 228 Å². The average Bonchev–Trinajstić information content (AvgIpc) is 3.63. The molecule has 0 amide bonds. The Morgan fingerprint density at radius 3 is 1.83 bits per heavy atom. The van der Waals surface area contributed by atoms with Crippen LogP contribution in [0.5, 0.6) is 0 Å². The Labute approximate surface area is 386 Å². The fraction of sp³-hybridized carbons (Fsp3) is 1.00. The molecule has 9 aliphatic rings. The van der Waals surface area contributed by atoms with Crippen molar-refractivity contribution in [1.82, 2.24) is 0 Å². The molecule has 4 aliphatic heterocycles. The molecule has 0 aromatic carbocycles. The molecule has 5 aliphatic carbocycles. The number of fused-ring (bicyclic) bond motifs is 2. The Hall–Kier alpha value is -0.760. The molecule has 19 nitrogen and oxygen atoms in total. The molecule has 66 heavy (non-hydrogen) atoms. The van der Waals surface area contributed by atoms with E-state index in [1.807, 2.05) is 13.8 Å². The molecule has 26 atom stereocenters. The minimum absolute atomic E-state index is 0.00898. The van der Waals surface area contributed by atoms with E-state index in [4.69, 9.17) is 33.2 Å². The van der Waals surface area contributed by atoms with Crippen LogP contribution in [-0.2, 0) is 33.2 Å². The first kappa shape index (κ1) is 50.2. The van der Waals surface area contributed by atoms with Gasteiger partial charge < -0.3 is 94.4 Å². The van der Waals surface area contributed by atoms with Crippen LogP contribution < -0.4 is 0 Å². The number of rotatable bonds is 10. The molecule has 0 bridgehead atoms. The minimum atomic E-state index is -1.65. The van der Waals surface area contributed by atoms with Gasteiger partial charge in [-0.05, 0) is 117 Å². The molecule has 19 unspecified atom stereocenters. The van der Waals surface area contributed by atoms with Gasteiger partial charge in [-0.15, -0.1) is 0 Å². The van der Waals surface area contributed by atoms with Crippen molar-refractivity contribution in [3.8, 4) is 0 Å². The molecule has 9 fully saturated rings. The third-order valence-electron chi connectivity index (χ3n) is 19.9. The van der Waals surface area contributed by atoms with Crippen molar-refractivity contribution in [3.05, 3.63) is 0 Å². The number of hydrogen-bond acceptors (Lipinski definition) is 19. The van der Waals surface area contributed by atoms with Gasteiger partial charge in [0.2, 0.25) is 0 Å². The third-order valence-corrected chi connectivity index (χ3v) is 19.9. The number of aliphatic hydroxyl groups excluding tert-OH is 12. The predicted molar refractivity (Wildman–Crippen MR) is 226 cm³/mol. The molecule has 19 heteroatoms. The molecule has 4 heterocycles. The second kappa shape index (κ2) is 16.9. The van der Waals surface area contributed by atoms with Crippen molar-refractivity contribution in [1.29, 1.82) is 0 Å². The molecule has 4 saturated heterocycles. The predicted octanol–water partition coefficient (Wildman–Crippen LogP) is -1.45. The Balaban J connectivity index is 1.01. The van der Waals surface area contributed by atoms with Crippen molar-refractivity contribution in [2.75, 3.05) is 19.8 Å². The zero-order valence-electron chi connectivity index (χ0n) is 39.3. The molecule has 12 N–H and O–H groups in total. The zero-order valence-corrected chi connectivity index (χ0v) is 39.3. The van der Waals surface area contributed by atoms with Gasteiger partial charge in [0.1, 0.15) is 67.1 Å². The molecule has 380 valence electrons. The normalized spacial score (nSPS) is 58.0. The van der Waals surface area contributed by atoms with Crippen LogP contribution in [0.4, 0.5) is 0 Å². The molecular weight excluding hydrogens is 868 g/mol.